The number of nitrogens with one attached hydrogen (secondary N) is 2. The number of benzene rings is 1. The molecule has 0 spiro atoms. The summed E-state index contributed by atoms with van der Waals surface area (Å²) >= 11 is 0. The van der Waals surface area contributed by atoms with E-state index >= 15 is 0 Å². The molecule has 2 N–H and O–H groups in total. The van der Waals surface area contributed by atoms with E-state index in [1.54, 1.807) is 7.05 Å². The molecular formula is C19H24N4O3. The first kappa shape index (κ1) is 18.1. The molecule has 3 rings (SSSR count). The van der Waals surface area contributed by atoms with Crippen molar-refractivity contribution >= 4 is 22.7 Å². The lowest BCUT2D eigenvalue weighted by Crippen LogP contribution is -2.56. The van der Waals surface area contributed by atoms with Crippen LogP contribution >= 0.6 is 0 Å². The third-order valence-electron chi connectivity index (χ3n) is 4.49. The van der Waals surface area contributed by atoms with Gasteiger partial charge in [0.2, 0.25) is 11.8 Å². The van der Waals surface area contributed by atoms with E-state index in [4.69, 9.17) is 9.72 Å². The molecule has 0 radical (unpaired) electrons. The Balaban J connectivity index is 1.78. The van der Waals surface area contributed by atoms with Gasteiger partial charge in [-0.1, -0.05) is 6.07 Å². The van der Waals surface area contributed by atoms with Gasteiger partial charge in [0.15, 0.2) is 0 Å². The minimum Gasteiger partial charge on any atom is -0.494 e. The predicted molar refractivity (Wildman–Crippen MR) is 98.8 cm³/mol. The number of amides is 2. The molecule has 1 saturated heterocycles. The maximum absolute atomic E-state index is 12.2. The highest BCUT2D eigenvalue weighted by Gasteiger charge is 2.31. The van der Waals surface area contributed by atoms with Gasteiger partial charge in [0, 0.05) is 32.1 Å². The molecule has 26 heavy (non-hydrogen) atoms. The first-order valence-corrected chi connectivity index (χ1v) is 8.85. The van der Waals surface area contributed by atoms with Crippen molar-refractivity contribution in [1.82, 2.24) is 20.5 Å². The Labute approximate surface area is 152 Å². The summed E-state index contributed by atoms with van der Waals surface area (Å²) in [6.07, 6.45) is 0.146. The minimum absolute atomic E-state index is 0.109. The lowest BCUT2D eigenvalue weighted by molar-refractivity contribution is -0.134. The number of carbonyl (C=O) groups is 2. The highest BCUT2D eigenvalue weighted by atomic mass is 16.5. The smallest absolute Gasteiger partial charge is 0.237 e. The van der Waals surface area contributed by atoms with Gasteiger partial charge in [-0.15, -0.1) is 0 Å². The standard InChI is InChI=1S/C19H24N4O3/c1-3-26-15-6-7-16-13(10-15)4-5-14(22-16)12-23-9-8-21-19(25)17(23)11-18(24)20-2/h4-7,10,17H,3,8-9,11-12H2,1-2H3,(H,20,24)(H,21,25)/t17-/m0/s1. The predicted octanol–water partition coefficient (Wildman–Crippen LogP) is 1.07. The van der Waals surface area contributed by atoms with E-state index in [0.29, 0.717) is 26.2 Å². The van der Waals surface area contributed by atoms with Crippen LogP contribution in [-0.2, 0) is 16.1 Å². The van der Waals surface area contributed by atoms with Crippen molar-refractivity contribution in [2.24, 2.45) is 0 Å². The number of aromatic nitrogens is 1. The van der Waals surface area contributed by atoms with E-state index in [1.807, 2.05) is 42.2 Å². The quantitative estimate of drug-likeness (QED) is 0.809. The van der Waals surface area contributed by atoms with E-state index in [-0.39, 0.29) is 18.2 Å². The maximum atomic E-state index is 12.2. The molecule has 1 aromatic carbocycles. The molecule has 7 nitrogen and oxygen atoms in total. The number of rotatable bonds is 6. The van der Waals surface area contributed by atoms with Crippen molar-refractivity contribution in [2.45, 2.75) is 25.9 Å². The van der Waals surface area contributed by atoms with Crippen LogP contribution in [0.1, 0.15) is 19.0 Å². The van der Waals surface area contributed by atoms with Crippen molar-refractivity contribution in [3.63, 3.8) is 0 Å². The average Bonchev–Trinajstić information content (AvgIpc) is 2.64. The Morgan fingerprint density at radius 2 is 2.23 bits per heavy atom. The minimum atomic E-state index is -0.471. The Kier molecular flexibility index (Phi) is 5.68. The van der Waals surface area contributed by atoms with Crippen molar-refractivity contribution in [2.75, 3.05) is 26.7 Å². The highest BCUT2D eigenvalue weighted by Crippen LogP contribution is 2.21. The summed E-state index contributed by atoms with van der Waals surface area (Å²) in [6, 6.07) is 9.32. The molecule has 0 saturated carbocycles. The zero-order valence-electron chi connectivity index (χ0n) is 15.1. The summed E-state index contributed by atoms with van der Waals surface area (Å²) in [4.78, 5) is 30.6. The largest absolute Gasteiger partial charge is 0.494 e. The molecule has 1 aliphatic rings. The van der Waals surface area contributed by atoms with Crippen molar-refractivity contribution in [3.05, 3.63) is 36.0 Å². The number of hydrogen-bond donors (Lipinski definition) is 2. The monoisotopic (exact) mass is 356 g/mol. The normalized spacial score (nSPS) is 17.8. The lowest BCUT2D eigenvalue weighted by atomic mass is 10.1. The summed E-state index contributed by atoms with van der Waals surface area (Å²) in [7, 11) is 1.58. The van der Waals surface area contributed by atoms with E-state index in [0.717, 1.165) is 22.3 Å². The molecule has 2 aromatic rings. The van der Waals surface area contributed by atoms with Gasteiger partial charge in [-0.25, -0.2) is 0 Å². The molecule has 138 valence electrons. The van der Waals surface area contributed by atoms with E-state index in [9.17, 15) is 9.59 Å². The van der Waals surface area contributed by atoms with Crippen LogP contribution in [0.5, 0.6) is 5.75 Å². The van der Waals surface area contributed by atoms with Crippen LogP contribution in [0.3, 0.4) is 0 Å². The molecule has 0 unspecified atom stereocenters. The van der Waals surface area contributed by atoms with Gasteiger partial charge in [0.1, 0.15) is 5.75 Å². The Hall–Kier alpha value is -2.67. The van der Waals surface area contributed by atoms with Crippen LogP contribution in [0, 0.1) is 0 Å². The topological polar surface area (TPSA) is 83.6 Å². The molecule has 7 heteroatoms. The van der Waals surface area contributed by atoms with Crippen molar-refractivity contribution < 1.29 is 14.3 Å². The Morgan fingerprint density at radius 3 is 3.00 bits per heavy atom. The zero-order valence-corrected chi connectivity index (χ0v) is 15.1. The second kappa shape index (κ2) is 8.14. The summed E-state index contributed by atoms with van der Waals surface area (Å²) in [5.74, 6) is 0.571. The van der Waals surface area contributed by atoms with Crippen LogP contribution in [0.2, 0.25) is 0 Å². The molecule has 0 bridgehead atoms. The van der Waals surface area contributed by atoms with E-state index in [1.165, 1.54) is 0 Å². The van der Waals surface area contributed by atoms with Gasteiger partial charge in [0.25, 0.3) is 0 Å². The molecular weight excluding hydrogens is 332 g/mol. The van der Waals surface area contributed by atoms with Gasteiger partial charge < -0.3 is 15.4 Å². The van der Waals surface area contributed by atoms with Crippen LogP contribution < -0.4 is 15.4 Å². The van der Waals surface area contributed by atoms with Crippen molar-refractivity contribution in [3.8, 4) is 5.75 Å². The number of carbonyl (C=O) groups excluding carboxylic acids is 2. The fraction of sp³-hybridized carbons (Fsp3) is 0.421. The van der Waals surface area contributed by atoms with Gasteiger partial charge >= 0.3 is 0 Å². The molecule has 2 heterocycles. The Bertz CT molecular complexity index is 808. The summed E-state index contributed by atoms with van der Waals surface area (Å²) < 4.78 is 5.52. The third-order valence-corrected chi connectivity index (χ3v) is 4.49. The SMILES string of the molecule is CCOc1ccc2nc(CN3CCNC(=O)[C@@H]3CC(=O)NC)ccc2c1. The van der Waals surface area contributed by atoms with Gasteiger partial charge in [-0.2, -0.15) is 0 Å². The van der Waals surface area contributed by atoms with Crippen LogP contribution in [0.25, 0.3) is 10.9 Å². The van der Waals surface area contributed by atoms with Crippen LogP contribution in [0.4, 0.5) is 0 Å². The molecule has 2 amide bonds. The highest BCUT2D eigenvalue weighted by molar-refractivity contribution is 5.88. The summed E-state index contributed by atoms with van der Waals surface area (Å²) in [5.41, 5.74) is 1.76. The average molecular weight is 356 g/mol. The molecule has 1 atom stereocenters. The van der Waals surface area contributed by atoms with Crippen LogP contribution in [0.15, 0.2) is 30.3 Å². The summed E-state index contributed by atoms with van der Waals surface area (Å²) in [5, 5.41) is 6.43. The number of ether oxygens (including phenoxy) is 1. The molecule has 1 aliphatic heterocycles. The van der Waals surface area contributed by atoms with Gasteiger partial charge in [-0.05, 0) is 31.2 Å². The second-order valence-electron chi connectivity index (χ2n) is 6.24. The number of piperazine rings is 1. The fourth-order valence-corrected chi connectivity index (χ4v) is 3.15. The third kappa shape index (κ3) is 4.11. The first-order chi connectivity index (χ1) is 12.6. The molecule has 1 fully saturated rings. The zero-order chi connectivity index (χ0) is 18.5. The van der Waals surface area contributed by atoms with Gasteiger partial charge in [-0.3, -0.25) is 19.5 Å². The number of nitrogens with zero attached hydrogens (tertiary/aromatic N) is 2. The maximum Gasteiger partial charge on any atom is 0.237 e. The van der Waals surface area contributed by atoms with E-state index in [2.05, 4.69) is 10.6 Å². The van der Waals surface area contributed by atoms with E-state index < -0.39 is 6.04 Å². The first-order valence-electron chi connectivity index (χ1n) is 8.85. The van der Waals surface area contributed by atoms with Gasteiger partial charge in [0.05, 0.1) is 30.3 Å². The fourth-order valence-electron chi connectivity index (χ4n) is 3.15. The molecule has 1 aromatic heterocycles. The van der Waals surface area contributed by atoms with Crippen molar-refractivity contribution in [1.29, 1.82) is 0 Å². The number of pyridine rings is 1. The van der Waals surface area contributed by atoms with Crippen LogP contribution in [-0.4, -0.2) is 54.5 Å². The second-order valence-corrected chi connectivity index (χ2v) is 6.24. The lowest BCUT2D eigenvalue weighted by Gasteiger charge is -2.34. The number of fused-ring (bicyclic) bond motifs is 1. The molecule has 0 aliphatic carbocycles. The summed E-state index contributed by atoms with van der Waals surface area (Å²) in [6.45, 7) is 4.37. The number of hydrogen-bond acceptors (Lipinski definition) is 5. The Morgan fingerprint density at radius 1 is 1.38 bits per heavy atom.